The van der Waals surface area contributed by atoms with Gasteiger partial charge in [0.05, 0.1) is 12.5 Å². The standard InChI is InChI=1S/C15H18N2O4/c1-19-9-14-17-12-7-11(4-5-13(12)21-14)16-15(18)10-3-2-6-20-8-10/h4-5,7,10H,2-3,6,8-9H2,1H3,(H,16,18)/t10-/m0/s1. The van der Waals surface area contributed by atoms with E-state index in [9.17, 15) is 4.79 Å². The number of oxazole rings is 1. The number of anilines is 1. The molecule has 1 aromatic carbocycles. The normalized spacial score (nSPS) is 18.8. The van der Waals surface area contributed by atoms with E-state index in [2.05, 4.69) is 10.3 Å². The Kier molecular flexibility index (Phi) is 4.17. The number of methoxy groups -OCH3 is 1. The Balaban J connectivity index is 1.72. The van der Waals surface area contributed by atoms with Crippen molar-refractivity contribution in [2.75, 3.05) is 25.6 Å². The fourth-order valence-corrected chi connectivity index (χ4v) is 2.43. The molecule has 1 atom stereocenters. The van der Waals surface area contributed by atoms with Crippen molar-refractivity contribution in [3.8, 4) is 0 Å². The van der Waals surface area contributed by atoms with Crippen molar-refractivity contribution in [2.45, 2.75) is 19.4 Å². The van der Waals surface area contributed by atoms with Crippen molar-refractivity contribution < 1.29 is 18.7 Å². The second-order valence-corrected chi connectivity index (χ2v) is 5.13. The molecule has 1 N–H and O–H groups in total. The van der Waals surface area contributed by atoms with Crippen LogP contribution in [0.1, 0.15) is 18.7 Å². The molecular weight excluding hydrogens is 272 g/mol. The van der Waals surface area contributed by atoms with E-state index in [0.717, 1.165) is 25.1 Å². The lowest BCUT2D eigenvalue weighted by Gasteiger charge is -2.21. The molecule has 0 bridgehead atoms. The molecule has 2 heterocycles. The van der Waals surface area contributed by atoms with Gasteiger partial charge in [-0.3, -0.25) is 4.79 Å². The van der Waals surface area contributed by atoms with Gasteiger partial charge >= 0.3 is 0 Å². The third-order valence-corrected chi connectivity index (χ3v) is 3.50. The molecule has 0 aliphatic carbocycles. The highest BCUT2D eigenvalue weighted by molar-refractivity contribution is 5.94. The predicted octanol–water partition coefficient (Wildman–Crippen LogP) is 2.34. The summed E-state index contributed by atoms with van der Waals surface area (Å²) < 4.78 is 15.8. The number of aromatic nitrogens is 1. The van der Waals surface area contributed by atoms with E-state index < -0.39 is 0 Å². The van der Waals surface area contributed by atoms with Crippen LogP contribution in [-0.4, -0.2) is 31.2 Å². The Labute approximate surface area is 122 Å². The number of benzene rings is 1. The minimum atomic E-state index is -0.0733. The summed E-state index contributed by atoms with van der Waals surface area (Å²) in [6, 6.07) is 5.42. The first-order valence-electron chi connectivity index (χ1n) is 7.03. The average molecular weight is 290 g/mol. The molecule has 0 saturated carbocycles. The first-order chi connectivity index (χ1) is 10.3. The first kappa shape index (κ1) is 14.0. The summed E-state index contributed by atoms with van der Waals surface area (Å²) in [5.41, 5.74) is 2.11. The first-order valence-corrected chi connectivity index (χ1v) is 7.03. The Morgan fingerprint density at radius 2 is 2.43 bits per heavy atom. The number of ether oxygens (including phenoxy) is 2. The number of hydrogen-bond donors (Lipinski definition) is 1. The van der Waals surface area contributed by atoms with E-state index in [1.54, 1.807) is 19.2 Å². The van der Waals surface area contributed by atoms with Crippen LogP contribution in [0.5, 0.6) is 0 Å². The topological polar surface area (TPSA) is 73.6 Å². The lowest BCUT2D eigenvalue weighted by Crippen LogP contribution is -2.30. The van der Waals surface area contributed by atoms with Crippen molar-refractivity contribution in [1.29, 1.82) is 0 Å². The molecule has 21 heavy (non-hydrogen) atoms. The Hall–Kier alpha value is -1.92. The van der Waals surface area contributed by atoms with Gasteiger partial charge in [-0.2, -0.15) is 0 Å². The fourth-order valence-electron chi connectivity index (χ4n) is 2.43. The zero-order valence-corrected chi connectivity index (χ0v) is 11.9. The van der Waals surface area contributed by atoms with Crippen LogP contribution >= 0.6 is 0 Å². The van der Waals surface area contributed by atoms with Gasteiger partial charge in [-0.15, -0.1) is 0 Å². The molecule has 3 rings (SSSR count). The molecule has 1 aliphatic rings. The number of rotatable bonds is 4. The summed E-state index contributed by atoms with van der Waals surface area (Å²) in [6.07, 6.45) is 1.80. The number of carbonyl (C=O) groups is 1. The van der Waals surface area contributed by atoms with Crippen molar-refractivity contribution in [2.24, 2.45) is 5.92 Å². The number of nitrogens with zero attached hydrogens (tertiary/aromatic N) is 1. The minimum Gasteiger partial charge on any atom is -0.438 e. The van der Waals surface area contributed by atoms with E-state index in [1.165, 1.54) is 0 Å². The van der Waals surface area contributed by atoms with E-state index >= 15 is 0 Å². The second kappa shape index (κ2) is 6.24. The highest BCUT2D eigenvalue weighted by Gasteiger charge is 2.21. The van der Waals surface area contributed by atoms with Crippen molar-refractivity contribution in [3.05, 3.63) is 24.1 Å². The number of fused-ring (bicyclic) bond motifs is 1. The molecule has 1 saturated heterocycles. The molecule has 0 unspecified atom stereocenters. The molecule has 1 fully saturated rings. The average Bonchev–Trinajstić information content (AvgIpc) is 2.90. The SMILES string of the molecule is COCc1nc2cc(NC(=O)[C@H]3CCCOC3)ccc2o1. The molecule has 2 aromatic rings. The van der Waals surface area contributed by atoms with Crippen molar-refractivity contribution >= 4 is 22.7 Å². The number of nitrogens with one attached hydrogen (secondary N) is 1. The Bertz CT molecular complexity index is 632. The third-order valence-electron chi connectivity index (χ3n) is 3.50. The van der Waals surface area contributed by atoms with Crippen LogP contribution in [0.2, 0.25) is 0 Å². The van der Waals surface area contributed by atoms with Crippen LogP contribution in [0, 0.1) is 5.92 Å². The second-order valence-electron chi connectivity index (χ2n) is 5.13. The van der Waals surface area contributed by atoms with Crippen LogP contribution < -0.4 is 5.32 Å². The van der Waals surface area contributed by atoms with Crippen LogP contribution in [0.3, 0.4) is 0 Å². The van der Waals surface area contributed by atoms with Gasteiger partial charge in [-0.05, 0) is 31.0 Å². The fraction of sp³-hybridized carbons (Fsp3) is 0.467. The molecule has 1 aromatic heterocycles. The van der Waals surface area contributed by atoms with Gasteiger partial charge in [0.15, 0.2) is 5.58 Å². The van der Waals surface area contributed by atoms with Gasteiger partial charge in [-0.1, -0.05) is 0 Å². The maximum absolute atomic E-state index is 12.2. The molecule has 112 valence electrons. The van der Waals surface area contributed by atoms with Crippen LogP contribution in [-0.2, 0) is 20.9 Å². The quantitative estimate of drug-likeness (QED) is 0.935. The summed E-state index contributed by atoms with van der Waals surface area (Å²) in [6.45, 7) is 1.57. The van der Waals surface area contributed by atoms with Crippen molar-refractivity contribution in [3.63, 3.8) is 0 Å². The highest BCUT2D eigenvalue weighted by Crippen LogP contribution is 2.22. The van der Waals surface area contributed by atoms with Gasteiger partial charge in [-0.25, -0.2) is 4.98 Å². The maximum atomic E-state index is 12.2. The Morgan fingerprint density at radius 3 is 3.19 bits per heavy atom. The van der Waals surface area contributed by atoms with Gasteiger partial charge < -0.3 is 19.2 Å². The van der Waals surface area contributed by atoms with Crippen LogP contribution in [0.25, 0.3) is 11.1 Å². The van der Waals surface area contributed by atoms with Crippen LogP contribution in [0.15, 0.2) is 22.6 Å². The summed E-state index contributed by atoms with van der Waals surface area (Å²) in [7, 11) is 1.59. The molecule has 1 amide bonds. The zero-order valence-electron chi connectivity index (χ0n) is 11.9. The molecule has 6 nitrogen and oxygen atoms in total. The number of hydrogen-bond acceptors (Lipinski definition) is 5. The van der Waals surface area contributed by atoms with Gasteiger partial charge in [0.2, 0.25) is 11.8 Å². The largest absolute Gasteiger partial charge is 0.438 e. The van der Waals surface area contributed by atoms with E-state index in [0.29, 0.717) is 30.2 Å². The van der Waals surface area contributed by atoms with E-state index in [-0.39, 0.29) is 11.8 Å². The molecule has 6 heteroatoms. The molecule has 1 aliphatic heterocycles. The van der Waals surface area contributed by atoms with E-state index in [1.807, 2.05) is 6.07 Å². The maximum Gasteiger partial charge on any atom is 0.229 e. The monoisotopic (exact) mass is 290 g/mol. The lowest BCUT2D eigenvalue weighted by molar-refractivity contribution is -0.123. The van der Waals surface area contributed by atoms with Crippen LogP contribution in [0.4, 0.5) is 5.69 Å². The molecule has 0 radical (unpaired) electrons. The molecular formula is C15H18N2O4. The minimum absolute atomic E-state index is 0.00494. The Morgan fingerprint density at radius 1 is 1.52 bits per heavy atom. The summed E-state index contributed by atoms with van der Waals surface area (Å²) in [5, 5.41) is 2.91. The molecule has 0 spiro atoms. The predicted molar refractivity (Wildman–Crippen MR) is 76.9 cm³/mol. The lowest BCUT2D eigenvalue weighted by atomic mass is 10.0. The highest BCUT2D eigenvalue weighted by atomic mass is 16.5. The third kappa shape index (κ3) is 3.22. The summed E-state index contributed by atoms with van der Waals surface area (Å²) in [5.74, 6) is 0.446. The van der Waals surface area contributed by atoms with E-state index in [4.69, 9.17) is 13.9 Å². The number of carbonyl (C=O) groups excluding carboxylic acids is 1. The zero-order chi connectivity index (χ0) is 14.7. The van der Waals surface area contributed by atoms with Gasteiger partial charge in [0.1, 0.15) is 12.1 Å². The number of amides is 1. The summed E-state index contributed by atoms with van der Waals surface area (Å²) >= 11 is 0. The van der Waals surface area contributed by atoms with Gasteiger partial charge in [0.25, 0.3) is 0 Å². The van der Waals surface area contributed by atoms with Gasteiger partial charge in [0, 0.05) is 19.4 Å². The summed E-state index contributed by atoms with van der Waals surface area (Å²) in [4.78, 5) is 16.5. The van der Waals surface area contributed by atoms with Crippen molar-refractivity contribution in [1.82, 2.24) is 4.98 Å². The smallest absolute Gasteiger partial charge is 0.229 e.